The van der Waals surface area contributed by atoms with Crippen LogP contribution < -0.4 is 5.32 Å². The molecule has 102 valence electrons. The second kappa shape index (κ2) is 8.13. The minimum Gasteiger partial charge on any atom is -0.352 e. The minimum atomic E-state index is -0.0136. The van der Waals surface area contributed by atoms with Crippen LogP contribution >= 0.6 is 0 Å². The van der Waals surface area contributed by atoms with Gasteiger partial charge < -0.3 is 5.32 Å². The number of nitrogens with one attached hydrogen (secondary N) is 1. The van der Waals surface area contributed by atoms with Crippen LogP contribution in [0.4, 0.5) is 0 Å². The minimum absolute atomic E-state index is 0.0136. The second-order valence-electron chi connectivity index (χ2n) is 5.63. The summed E-state index contributed by atoms with van der Waals surface area (Å²) in [5.41, 5.74) is 0. The van der Waals surface area contributed by atoms with Gasteiger partial charge in [-0.2, -0.15) is 5.26 Å². The van der Waals surface area contributed by atoms with Gasteiger partial charge in [-0.15, -0.1) is 0 Å². The Kier molecular flexibility index (Phi) is 6.78. The van der Waals surface area contributed by atoms with E-state index in [1.165, 1.54) is 32.1 Å². The Morgan fingerprint density at radius 2 is 2.06 bits per heavy atom. The molecule has 0 bridgehead atoms. The predicted molar refractivity (Wildman–Crippen MR) is 72.8 cm³/mol. The molecular formula is C15H26N2O. The third-order valence-corrected chi connectivity index (χ3v) is 3.97. The summed E-state index contributed by atoms with van der Waals surface area (Å²) in [5.74, 6) is 1.18. The van der Waals surface area contributed by atoms with Crippen LogP contribution in [-0.2, 0) is 4.79 Å². The maximum absolute atomic E-state index is 12.0. The molecule has 0 spiro atoms. The SMILES string of the molecule is CCCCC1CCC(C(=O)NC(C)CC#N)CC1. The quantitative estimate of drug-likeness (QED) is 0.785. The normalized spacial score (nSPS) is 25.2. The Morgan fingerprint density at radius 3 is 2.61 bits per heavy atom. The van der Waals surface area contributed by atoms with Crippen LogP contribution in [0.5, 0.6) is 0 Å². The Labute approximate surface area is 111 Å². The molecule has 1 atom stereocenters. The molecule has 3 nitrogen and oxygen atoms in total. The number of amides is 1. The summed E-state index contributed by atoms with van der Waals surface area (Å²) in [6.45, 7) is 4.13. The summed E-state index contributed by atoms with van der Waals surface area (Å²) < 4.78 is 0. The number of nitriles is 1. The van der Waals surface area contributed by atoms with Gasteiger partial charge in [0.25, 0.3) is 0 Å². The summed E-state index contributed by atoms with van der Waals surface area (Å²) in [4.78, 5) is 12.0. The molecule has 0 aromatic carbocycles. The lowest BCUT2D eigenvalue weighted by molar-refractivity contribution is -0.126. The van der Waals surface area contributed by atoms with E-state index in [-0.39, 0.29) is 17.9 Å². The third kappa shape index (κ3) is 5.08. The van der Waals surface area contributed by atoms with Crippen LogP contribution in [0.2, 0.25) is 0 Å². The third-order valence-electron chi connectivity index (χ3n) is 3.97. The summed E-state index contributed by atoms with van der Waals surface area (Å²) >= 11 is 0. The Bertz CT molecular complexity index is 287. The Balaban J connectivity index is 2.25. The maximum atomic E-state index is 12.0. The molecule has 3 heteroatoms. The van der Waals surface area contributed by atoms with E-state index in [4.69, 9.17) is 5.26 Å². The molecule has 18 heavy (non-hydrogen) atoms. The zero-order valence-corrected chi connectivity index (χ0v) is 11.7. The van der Waals surface area contributed by atoms with E-state index in [0.717, 1.165) is 18.8 Å². The number of unbranched alkanes of at least 4 members (excludes halogenated alkanes) is 1. The molecule has 0 aliphatic heterocycles. The van der Waals surface area contributed by atoms with E-state index in [9.17, 15) is 4.79 Å². The van der Waals surface area contributed by atoms with Crippen molar-refractivity contribution in [2.75, 3.05) is 0 Å². The molecule has 0 aromatic heterocycles. The molecule has 1 aliphatic carbocycles. The zero-order valence-electron chi connectivity index (χ0n) is 11.7. The van der Waals surface area contributed by atoms with Crippen LogP contribution in [0.3, 0.4) is 0 Å². The van der Waals surface area contributed by atoms with Gasteiger partial charge >= 0.3 is 0 Å². The standard InChI is InChI=1S/C15H26N2O/c1-3-4-5-13-6-8-14(9-7-13)15(18)17-12(2)10-11-16/h12-14H,3-10H2,1-2H3,(H,17,18). The second-order valence-corrected chi connectivity index (χ2v) is 5.63. The number of hydrogen-bond acceptors (Lipinski definition) is 2. The first kappa shape index (κ1) is 15.0. The lowest BCUT2D eigenvalue weighted by atomic mass is 9.79. The van der Waals surface area contributed by atoms with Crippen LogP contribution in [0.15, 0.2) is 0 Å². The molecule has 0 aromatic rings. The van der Waals surface area contributed by atoms with Gasteiger partial charge in [0.05, 0.1) is 12.5 Å². The summed E-state index contributed by atoms with van der Waals surface area (Å²) in [6, 6.07) is 2.08. The molecule has 0 heterocycles. The van der Waals surface area contributed by atoms with E-state index < -0.39 is 0 Å². The summed E-state index contributed by atoms with van der Waals surface area (Å²) in [5, 5.41) is 11.5. The van der Waals surface area contributed by atoms with Crippen LogP contribution in [0, 0.1) is 23.2 Å². The van der Waals surface area contributed by atoms with Gasteiger partial charge in [0, 0.05) is 12.0 Å². The molecule has 1 aliphatic rings. The van der Waals surface area contributed by atoms with Gasteiger partial charge in [0.15, 0.2) is 0 Å². The first-order chi connectivity index (χ1) is 8.67. The predicted octanol–water partition coefficient (Wildman–Crippen LogP) is 3.40. The monoisotopic (exact) mass is 250 g/mol. The average Bonchev–Trinajstić information content (AvgIpc) is 2.37. The lowest BCUT2D eigenvalue weighted by Gasteiger charge is -2.28. The van der Waals surface area contributed by atoms with Gasteiger partial charge in [-0.25, -0.2) is 0 Å². The van der Waals surface area contributed by atoms with Crippen molar-refractivity contribution in [1.82, 2.24) is 5.32 Å². The van der Waals surface area contributed by atoms with Crippen molar-refractivity contribution in [3.8, 4) is 6.07 Å². The zero-order chi connectivity index (χ0) is 13.4. The van der Waals surface area contributed by atoms with Crippen molar-refractivity contribution < 1.29 is 4.79 Å². The highest BCUT2D eigenvalue weighted by Gasteiger charge is 2.26. The van der Waals surface area contributed by atoms with Gasteiger partial charge in [-0.1, -0.05) is 26.2 Å². The molecule has 1 saturated carbocycles. The molecule has 1 unspecified atom stereocenters. The molecule has 1 amide bonds. The van der Waals surface area contributed by atoms with E-state index >= 15 is 0 Å². The van der Waals surface area contributed by atoms with Crippen LogP contribution in [0.25, 0.3) is 0 Å². The van der Waals surface area contributed by atoms with E-state index in [2.05, 4.69) is 18.3 Å². The van der Waals surface area contributed by atoms with E-state index in [1.807, 2.05) is 6.92 Å². The highest BCUT2D eigenvalue weighted by molar-refractivity contribution is 5.79. The Morgan fingerprint density at radius 1 is 1.39 bits per heavy atom. The number of carbonyl (C=O) groups is 1. The number of nitrogens with zero attached hydrogens (tertiary/aromatic N) is 1. The van der Waals surface area contributed by atoms with Crippen molar-refractivity contribution in [1.29, 1.82) is 5.26 Å². The largest absolute Gasteiger partial charge is 0.352 e. The van der Waals surface area contributed by atoms with Crippen molar-refractivity contribution in [2.45, 2.75) is 71.3 Å². The first-order valence-corrected chi connectivity index (χ1v) is 7.34. The molecule has 1 N–H and O–H groups in total. The topological polar surface area (TPSA) is 52.9 Å². The first-order valence-electron chi connectivity index (χ1n) is 7.34. The Hall–Kier alpha value is -1.04. The highest BCUT2D eigenvalue weighted by Crippen LogP contribution is 2.31. The van der Waals surface area contributed by atoms with Gasteiger partial charge in [-0.3, -0.25) is 4.79 Å². The van der Waals surface area contributed by atoms with Gasteiger partial charge in [-0.05, 0) is 38.5 Å². The molecule has 0 saturated heterocycles. The smallest absolute Gasteiger partial charge is 0.223 e. The van der Waals surface area contributed by atoms with Crippen molar-refractivity contribution >= 4 is 5.91 Å². The highest BCUT2D eigenvalue weighted by atomic mass is 16.1. The lowest BCUT2D eigenvalue weighted by Crippen LogP contribution is -2.38. The van der Waals surface area contributed by atoms with Gasteiger partial charge in [0.2, 0.25) is 5.91 Å². The molecule has 1 rings (SSSR count). The van der Waals surface area contributed by atoms with Gasteiger partial charge in [0.1, 0.15) is 0 Å². The van der Waals surface area contributed by atoms with Crippen molar-refractivity contribution in [2.24, 2.45) is 11.8 Å². The van der Waals surface area contributed by atoms with Crippen molar-refractivity contribution in [3.05, 3.63) is 0 Å². The summed E-state index contributed by atoms with van der Waals surface area (Å²) in [7, 11) is 0. The molecular weight excluding hydrogens is 224 g/mol. The number of rotatable bonds is 6. The van der Waals surface area contributed by atoms with Crippen LogP contribution in [0.1, 0.15) is 65.2 Å². The fourth-order valence-corrected chi connectivity index (χ4v) is 2.75. The molecule has 0 radical (unpaired) electrons. The van der Waals surface area contributed by atoms with E-state index in [1.54, 1.807) is 0 Å². The number of hydrogen-bond donors (Lipinski definition) is 1. The number of carbonyl (C=O) groups excluding carboxylic acids is 1. The van der Waals surface area contributed by atoms with E-state index in [0.29, 0.717) is 6.42 Å². The van der Waals surface area contributed by atoms with Crippen molar-refractivity contribution in [3.63, 3.8) is 0 Å². The van der Waals surface area contributed by atoms with Crippen LogP contribution in [-0.4, -0.2) is 11.9 Å². The average molecular weight is 250 g/mol. The molecule has 1 fully saturated rings. The maximum Gasteiger partial charge on any atom is 0.223 e. The fourth-order valence-electron chi connectivity index (χ4n) is 2.75. The summed E-state index contributed by atoms with van der Waals surface area (Å²) in [6.07, 6.45) is 8.77. The fraction of sp³-hybridized carbons (Fsp3) is 0.867.